The Labute approximate surface area is 141 Å². The van der Waals surface area contributed by atoms with E-state index in [0.29, 0.717) is 5.92 Å². The highest BCUT2D eigenvalue weighted by Gasteiger charge is 2.21. The van der Waals surface area contributed by atoms with E-state index in [0.717, 1.165) is 54.8 Å². The van der Waals surface area contributed by atoms with Crippen molar-refractivity contribution in [3.8, 4) is 0 Å². The van der Waals surface area contributed by atoms with Crippen molar-refractivity contribution in [2.75, 3.05) is 31.6 Å². The van der Waals surface area contributed by atoms with E-state index in [1.165, 1.54) is 4.88 Å². The van der Waals surface area contributed by atoms with Crippen molar-refractivity contribution < 1.29 is 5.11 Å². The Morgan fingerprint density at radius 2 is 2.04 bits per heavy atom. The third-order valence-electron chi connectivity index (χ3n) is 4.46. The lowest BCUT2D eigenvalue weighted by Crippen LogP contribution is -2.35. The van der Waals surface area contributed by atoms with Crippen LogP contribution in [-0.2, 0) is 0 Å². The van der Waals surface area contributed by atoms with E-state index in [-0.39, 0.29) is 6.61 Å². The highest BCUT2D eigenvalue weighted by Crippen LogP contribution is 2.29. The molecule has 0 spiro atoms. The summed E-state index contributed by atoms with van der Waals surface area (Å²) in [6.07, 6.45) is 2.21. The van der Waals surface area contributed by atoms with Crippen LogP contribution in [0.25, 0.3) is 0 Å². The number of anilines is 2. The molecule has 1 saturated heterocycles. The molecule has 0 atom stereocenters. The molecule has 0 aliphatic carbocycles. The number of likely N-dealkylation sites (tertiary alicyclic amines) is 1. The second-order valence-electron chi connectivity index (χ2n) is 6.07. The van der Waals surface area contributed by atoms with Gasteiger partial charge in [-0.3, -0.25) is 0 Å². The maximum atomic E-state index is 9.03. The molecule has 0 amide bonds. The number of β-amino-alcohol motifs (C(OH)–C–C–N with tert-alkyl or cyclic N) is 1. The second-order valence-corrected chi connectivity index (χ2v) is 7.28. The van der Waals surface area contributed by atoms with Crippen molar-refractivity contribution >= 4 is 22.3 Å². The van der Waals surface area contributed by atoms with Gasteiger partial charge in [0.1, 0.15) is 5.82 Å². The first-order valence-corrected chi connectivity index (χ1v) is 8.98. The Bertz CT molecular complexity index is 630. The van der Waals surface area contributed by atoms with E-state index in [1.807, 2.05) is 13.0 Å². The molecule has 1 aliphatic heterocycles. The van der Waals surface area contributed by atoms with Crippen molar-refractivity contribution in [1.29, 1.82) is 0 Å². The third-order valence-corrected chi connectivity index (χ3v) is 5.44. The highest BCUT2D eigenvalue weighted by molar-refractivity contribution is 7.15. The number of aromatic nitrogens is 2. The van der Waals surface area contributed by atoms with Crippen molar-refractivity contribution in [2.45, 2.75) is 32.6 Å². The number of aliphatic hydroxyl groups is 1. The minimum atomic E-state index is 0.245. The zero-order chi connectivity index (χ0) is 16.2. The van der Waals surface area contributed by atoms with E-state index < -0.39 is 0 Å². The van der Waals surface area contributed by atoms with Gasteiger partial charge in [0.2, 0.25) is 0 Å². The Hall–Kier alpha value is -1.50. The monoisotopic (exact) mass is 332 g/mol. The first kappa shape index (κ1) is 16.4. The molecule has 3 heterocycles. The Morgan fingerprint density at radius 3 is 2.70 bits per heavy atom. The fraction of sp³-hybridized carbons (Fsp3) is 0.529. The predicted molar refractivity (Wildman–Crippen MR) is 94.6 cm³/mol. The van der Waals surface area contributed by atoms with Crippen LogP contribution in [0.2, 0.25) is 0 Å². The van der Waals surface area contributed by atoms with Crippen LogP contribution < -0.4 is 5.32 Å². The van der Waals surface area contributed by atoms with Crippen molar-refractivity contribution in [2.24, 2.45) is 0 Å². The molecule has 0 unspecified atom stereocenters. The van der Waals surface area contributed by atoms with Crippen LogP contribution in [0, 0.1) is 13.8 Å². The summed E-state index contributed by atoms with van der Waals surface area (Å²) in [6, 6.07) is 6.18. The Morgan fingerprint density at radius 1 is 1.26 bits per heavy atom. The van der Waals surface area contributed by atoms with Crippen LogP contribution in [0.3, 0.4) is 0 Å². The van der Waals surface area contributed by atoms with Crippen molar-refractivity contribution in [3.05, 3.63) is 34.5 Å². The number of pyridine rings is 1. The fourth-order valence-electron chi connectivity index (χ4n) is 2.98. The van der Waals surface area contributed by atoms with Crippen LogP contribution in [0.1, 0.15) is 35.0 Å². The SMILES string of the molecule is Cc1nc(Nc2cccc(C3CCN(CCO)CC3)n2)sc1C. The first-order valence-electron chi connectivity index (χ1n) is 8.17. The van der Waals surface area contributed by atoms with Gasteiger partial charge in [-0.1, -0.05) is 6.07 Å². The van der Waals surface area contributed by atoms with Gasteiger partial charge < -0.3 is 15.3 Å². The maximum Gasteiger partial charge on any atom is 0.188 e. The van der Waals surface area contributed by atoms with E-state index in [1.54, 1.807) is 11.3 Å². The van der Waals surface area contributed by atoms with E-state index in [9.17, 15) is 0 Å². The van der Waals surface area contributed by atoms with E-state index in [4.69, 9.17) is 10.1 Å². The van der Waals surface area contributed by atoms with Crippen molar-refractivity contribution in [3.63, 3.8) is 0 Å². The number of thiazole rings is 1. The van der Waals surface area contributed by atoms with Crippen LogP contribution in [0.5, 0.6) is 0 Å². The molecule has 1 fully saturated rings. The summed E-state index contributed by atoms with van der Waals surface area (Å²) >= 11 is 1.66. The summed E-state index contributed by atoms with van der Waals surface area (Å²) in [6.45, 7) is 7.22. The van der Waals surface area contributed by atoms with Gasteiger partial charge in [0.15, 0.2) is 5.13 Å². The van der Waals surface area contributed by atoms with Crippen LogP contribution >= 0.6 is 11.3 Å². The molecule has 6 heteroatoms. The van der Waals surface area contributed by atoms with Gasteiger partial charge in [0.05, 0.1) is 12.3 Å². The molecule has 124 valence electrons. The second kappa shape index (κ2) is 7.38. The van der Waals surface area contributed by atoms with Gasteiger partial charge >= 0.3 is 0 Å². The summed E-state index contributed by atoms with van der Waals surface area (Å²) < 4.78 is 0. The fourth-order valence-corrected chi connectivity index (χ4v) is 3.80. The van der Waals surface area contributed by atoms with Gasteiger partial charge in [0.25, 0.3) is 0 Å². The molecule has 23 heavy (non-hydrogen) atoms. The molecule has 1 aliphatic rings. The summed E-state index contributed by atoms with van der Waals surface area (Å²) in [5.74, 6) is 1.38. The average molecular weight is 332 g/mol. The lowest BCUT2D eigenvalue weighted by atomic mass is 9.93. The Balaban J connectivity index is 1.66. The highest BCUT2D eigenvalue weighted by atomic mass is 32.1. The molecule has 2 aromatic rings. The number of hydrogen-bond donors (Lipinski definition) is 2. The Kier molecular flexibility index (Phi) is 5.25. The molecule has 5 nitrogen and oxygen atoms in total. The van der Waals surface area contributed by atoms with Gasteiger partial charge in [-0.25, -0.2) is 9.97 Å². The van der Waals surface area contributed by atoms with Crippen LogP contribution in [-0.4, -0.2) is 46.2 Å². The molecule has 2 N–H and O–H groups in total. The largest absolute Gasteiger partial charge is 0.395 e. The molecule has 0 bridgehead atoms. The van der Waals surface area contributed by atoms with Gasteiger partial charge in [-0.15, -0.1) is 11.3 Å². The standard InChI is InChI=1S/C17H24N4OS/c1-12-13(2)23-17(18-12)20-16-5-3-4-15(19-16)14-6-8-21(9-7-14)10-11-22/h3-5,14,22H,6-11H2,1-2H3,(H,18,19,20). The van der Waals surface area contributed by atoms with Gasteiger partial charge in [-0.2, -0.15) is 0 Å². The summed E-state index contributed by atoms with van der Waals surface area (Å²) in [5, 5.41) is 13.3. The average Bonchev–Trinajstić information content (AvgIpc) is 2.86. The maximum absolute atomic E-state index is 9.03. The van der Waals surface area contributed by atoms with Crippen molar-refractivity contribution in [1.82, 2.24) is 14.9 Å². The zero-order valence-corrected chi connectivity index (χ0v) is 14.6. The number of nitrogens with zero attached hydrogens (tertiary/aromatic N) is 3. The smallest absolute Gasteiger partial charge is 0.188 e. The summed E-state index contributed by atoms with van der Waals surface area (Å²) in [7, 11) is 0. The number of rotatable bonds is 5. The quantitative estimate of drug-likeness (QED) is 0.881. The van der Waals surface area contributed by atoms with Crippen LogP contribution in [0.4, 0.5) is 10.9 Å². The zero-order valence-electron chi connectivity index (χ0n) is 13.7. The van der Waals surface area contributed by atoms with E-state index >= 15 is 0 Å². The molecule has 0 aromatic carbocycles. The minimum Gasteiger partial charge on any atom is -0.395 e. The summed E-state index contributed by atoms with van der Waals surface area (Å²) in [4.78, 5) is 12.9. The van der Waals surface area contributed by atoms with Crippen LogP contribution in [0.15, 0.2) is 18.2 Å². The van der Waals surface area contributed by atoms with Gasteiger partial charge in [-0.05, 0) is 51.9 Å². The number of aryl methyl sites for hydroxylation is 2. The molecular weight excluding hydrogens is 308 g/mol. The molecule has 3 rings (SSSR count). The number of aliphatic hydroxyl groups excluding tert-OH is 1. The summed E-state index contributed by atoms with van der Waals surface area (Å²) in [5.41, 5.74) is 2.23. The number of hydrogen-bond acceptors (Lipinski definition) is 6. The molecule has 2 aromatic heterocycles. The number of piperidine rings is 1. The predicted octanol–water partition coefficient (Wildman–Crippen LogP) is 3.07. The van der Waals surface area contributed by atoms with E-state index in [2.05, 4.69) is 34.3 Å². The molecule has 0 radical (unpaired) electrons. The topological polar surface area (TPSA) is 61.3 Å². The number of nitrogens with one attached hydrogen (secondary N) is 1. The third kappa shape index (κ3) is 4.07. The first-order chi connectivity index (χ1) is 11.2. The molecular formula is C17H24N4OS. The van der Waals surface area contributed by atoms with Gasteiger partial charge in [0, 0.05) is 23.0 Å². The normalized spacial score (nSPS) is 16.7. The lowest BCUT2D eigenvalue weighted by molar-refractivity contribution is 0.163. The minimum absolute atomic E-state index is 0.245. The molecule has 0 saturated carbocycles. The lowest BCUT2D eigenvalue weighted by Gasteiger charge is -2.31.